The van der Waals surface area contributed by atoms with Crippen LogP contribution in [0.25, 0.3) is 0 Å². The summed E-state index contributed by atoms with van der Waals surface area (Å²) in [4.78, 5) is 0.352. The lowest BCUT2D eigenvalue weighted by Crippen LogP contribution is -2.44. The molecule has 6 heteroatoms. The fraction of sp³-hybridized carbons (Fsp3) is 0.538. The van der Waals surface area contributed by atoms with E-state index in [1.807, 2.05) is 0 Å². The molecule has 1 heterocycles. The number of ether oxygens (including phenoxy) is 1. The fourth-order valence-electron chi connectivity index (χ4n) is 2.33. The van der Waals surface area contributed by atoms with Crippen LogP contribution in [0.15, 0.2) is 29.2 Å². The number of hydrogen-bond acceptors (Lipinski definition) is 3. The van der Waals surface area contributed by atoms with Crippen LogP contribution in [0.4, 0.5) is 0 Å². The third-order valence-electron chi connectivity index (χ3n) is 3.42. The van der Waals surface area contributed by atoms with Gasteiger partial charge in [-0.25, -0.2) is 8.42 Å². The molecule has 1 aliphatic rings. The molecule has 2 rings (SSSR count). The number of nitrogens with zero attached hydrogens (tertiary/aromatic N) is 1. The van der Waals surface area contributed by atoms with Crippen LogP contribution in [0.3, 0.4) is 0 Å². The summed E-state index contributed by atoms with van der Waals surface area (Å²) in [6, 6.07) is 6.74. The minimum absolute atomic E-state index is 0.126. The number of rotatable bonds is 4. The highest BCUT2D eigenvalue weighted by molar-refractivity contribution is 14.1. The Labute approximate surface area is 128 Å². The normalized spacial score (nSPS) is 21.3. The largest absolute Gasteiger partial charge is 0.497 e. The van der Waals surface area contributed by atoms with Gasteiger partial charge in [0, 0.05) is 17.0 Å². The number of sulfonamides is 1. The van der Waals surface area contributed by atoms with Gasteiger partial charge in [0.2, 0.25) is 10.0 Å². The molecule has 4 nitrogen and oxygen atoms in total. The molecule has 0 amide bonds. The Kier molecular flexibility index (Phi) is 5.08. The number of alkyl halides is 1. The smallest absolute Gasteiger partial charge is 0.243 e. The van der Waals surface area contributed by atoms with E-state index in [1.54, 1.807) is 35.7 Å². The van der Waals surface area contributed by atoms with E-state index in [-0.39, 0.29) is 6.04 Å². The summed E-state index contributed by atoms with van der Waals surface area (Å²) >= 11 is 2.27. The molecular formula is C13H18INO3S. The SMILES string of the molecule is COc1ccc(S(=O)(=O)N2CCCCC2CI)cc1. The van der Waals surface area contributed by atoms with Gasteiger partial charge in [-0.3, -0.25) is 0 Å². The summed E-state index contributed by atoms with van der Waals surface area (Å²) in [6.45, 7) is 0.627. The molecule has 106 valence electrons. The third-order valence-corrected chi connectivity index (χ3v) is 6.40. The van der Waals surface area contributed by atoms with E-state index in [2.05, 4.69) is 22.6 Å². The number of benzene rings is 1. The van der Waals surface area contributed by atoms with Crippen LogP contribution in [0.5, 0.6) is 5.75 Å². The van der Waals surface area contributed by atoms with Crippen LogP contribution in [-0.2, 0) is 10.0 Å². The molecule has 1 aliphatic heterocycles. The maximum absolute atomic E-state index is 12.6. The number of methoxy groups -OCH3 is 1. The van der Waals surface area contributed by atoms with Gasteiger partial charge in [0.1, 0.15) is 5.75 Å². The second kappa shape index (κ2) is 6.41. The molecular weight excluding hydrogens is 377 g/mol. The van der Waals surface area contributed by atoms with Crippen LogP contribution >= 0.6 is 22.6 Å². The Bertz CT molecular complexity index is 515. The summed E-state index contributed by atoms with van der Waals surface area (Å²) in [6.07, 6.45) is 3.02. The highest BCUT2D eigenvalue weighted by Gasteiger charge is 2.32. The van der Waals surface area contributed by atoms with Crippen molar-refractivity contribution in [1.82, 2.24) is 4.31 Å². The minimum Gasteiger partial charge on any atom is -0.497 e. The van der Waals surface area contributed by atoms with E-state index in [0.717, 1.165) is 23.7 Å². The van der Waals surface area contributed by atoms with Gasteiger partial charge in [-0.05, 0) is 37.1 Å². The standard InChI is InChI=1S/C13H18INO3S/c1-18-12-5-7-13(8-6-12)19(16,17)15-9-3-2-4-11(15)10-14/h5-8,11H,2-4,9-10H2,1H3. The van der Waals surface area contributed by atoms with Gasteiger partial charge in [-0.1, -0.05) is 29.0 Å². The maximum atomic E-state index is 12.6. The van der Waals surface area contributed by atoms with E-state index >= 15 is 0 Å². The summed E-state index contributed by atoms with van der Waals surface area (Å²) in [5.74, 6) is 0.669. The van der Waals surface area contributed by atoms with Crippen LogP contribution in [0.2, 0.25) is 0 Å². The number of piperidine rings is 1. The zero-order valence-electron chi connectivity index (χ0n) is 10.9. The van der Waals surface area contributed by atoms with E-state index in [1.165, 1.54) is 0 Å². The monoisotopic (exact) mass is 395 g/mol. The van der Waals surface area contributed by atoms with Gasteiger partial charge in [-0.15, -0.1) is 0 Å². The van der Waals surface area contributed by atoms with Crippen molar-refractivity contribution in [3.63, 3.8) is 0 Å². The van der Waals surface area contributed by atoms with Crippen molar-refractivity contribution in [2.75, 3.05) is 18.1 Å². The molecule has 0 aliphatic carbocycles. The molecule has 19 heavy (non-hydrogen) atoms. The maximum Gasteiger partial charge on any atom is 0.243 e. The second-order valence-electron chi connectivity index (χ2n) is 4.60. The molecule has 1 unspecified atom stereocenters. The van der Waals surface area contributed by atoms with Gasteiger partial charge in [0.05, 0.1) is 12.0 Å². The Balaban J connectivity index is 2.29. The van der Waals surface area contributed by atoms with Crippen LogP contribution < -0.4 is 4.74 Å². The molecule has 1 saturated heterocycles. The van der Waals surface area contributed by atoms with Crippen LogP contribution in [0, 0.1) is 0 Å². The van der Waals surface area contributed by atoms with Gasteiger partial charge >= 0.3 is 0 Å². The van der Waals surface area contributed by atoms with Gasteiger partial charge in [-0.2, -0.15) is 4.31 Å². The van der Waals surface area contributed by atoms with E-state index in [9.17, 15) is 8.42 Å². The predicted molar refractivity (Wildman–Crippen MR) is 83.4 cm³/mol. The molecule has 0 N–H and O–H groups in total. The second-order valence-corrected chi connectivity index (χ2v) is 7.37. The quantitative estimate of drug-likeness (QED) is 0.582. The van der Waals surface area contributed by atoms with Crippen LogP contribution in [0.1, 0.15) is 19.3 Å². The zero-order valence-corrected chi connectivity index (χ0v) is 13.9. The first kappa shape index (κ1) is 15.1. The minimum atomic E-state index is -3.38. The molecule has 0 saturated carbocycles. The van der Waals surface area contributed by atoms with E-state index < -0.39 is 10.0 Å². The van der Waals surface area contributed by atoms with Crippen molar-refractivity contribution >= 4 is 32.6 Å². The van der Waals surface area contributed by atoms with Gasteiger partial charge in [0.25, 0.3) is 0 Å². The van der Waals surface area contributed by atoms with Gasteiger partial charge < -0.3 is 4.74 Å². The molecule has 1 aromatic carbocycles. The first-order chi connectivity index (χ1) is 9.09. The average Bonchev–Trinajstić information content (AvgIpc) is 2.47. The summed E-state index contributed by atoms with van der Waals surface area (Å²) in [7, 11) is -1.81. The van der Waals surface area contributed by atoms with E-state index in [4.69, 9.17) is 4.74 Å². The third kappa shape index (κ3) is 3.22. The zero-order chi connectivity index (χ0) is 13.9. The lowest BCUT2D eigenvalue weighted by molar-refractivity contribution is 0.275. The van der Waals surface area contributed by atoms with Crippen molar-refractivity contribution in [1.29, 1.82) is 0 Å². The molecule has 0 aromatic heterocycles. The summed E-state index contributed by atoms with van der Waals surface area (Å²) < 4.78 is 32.8. The van der Waals surface area contributed by atoms with Crippen molar-refractivity contribution in [3.8, 4) is 5.75 Å². The highest BCUT2D eigenvalue weighted by Crippen LogP contribution is 2.27. The van der Waals surface area contributed by atoms with Crippen LogP contribution in [-0.4, -0.2) is 36.8 Å². The fourth-order valence-corrected chi connectivity index (χ4v) is 5.20. The average molecular weight is 395 g/mol. The molecule has 1 atom stereocenters. The molecule has 0 spiro atoms. The highest BCUT2D eigenvalue weighted by atomic mass is 127. The first-order valence-electron chi connectivity index (χ1n) is 6.31. The summed E-state index contributed by atoms with van der Waals surface area (Å²) in [5.41, 5.74) is 0. The molecule has 0 bridgehead atoms. The Morgan fingerprint density at radius 2 is 2.00 bits per heavy atom. The summed E-state index contributed by atoms with van der Waals surface area (Å²) in [5, 5.41) is 0. The first-order valence-corrected chi connectivity index (χ1v) is 9.28. The predicted octanol–water partition coefficient (Wildman–Crippen LogP) is 2.67. The van der Waals surface area contributed by atoms with Crippen molar-refractivity contribution in [2.45, 2.75) is 30.2 Å². The Morgan fingerprint density at radius 3 is 2.58 bits per heavy atom. The molecule has 0 radical (unpaired) electrons. The Morgan fingerprint density at radius 1 is 1.32 bits per heavy atom. The van der Waals surface area contributed by atoms with Crippen molar-refractivity contribution in [2.24, 2.45) is 0 Å². The topological polar surface area (TPSA) is 46.6 Å². The number of hydrogen-bond donors (Lipinski definition) is 0. The lowest BCUT2D eigenvalue weighted by Gasteiger charge is -2.33. The lowest BCUT2D eigenvalue weighted by atomic mass is 10.1. The van der Waals surface area contributed by atoms with Gasteiger partial charge in [0.15, 0.2) is 0 Å². The molecule has 1 fully saturated rings. The number of halogens is 1. The Hall–Kier alpha value is -0.340. The van der Waals surface area contributed by atoms with E-state index in [0.29, 0.717) is 17.2 Å². The molecule has 1 aromatic rings. The van der Waals surface area contributed by atoms with Crippen molar-refractivity contribution < 1.29 is 13.2 Å². The van der Waals surface area contributed by atoms with Crippen molar-refractivity contribution in [3.05, 3.63) is 24.3 Å².